The first kappa shape index (κ1) is 14.0. The van der Waals surface area contributed by atoms with Gasteiger partial charge >= 0.3 is 0 Å². The van der Waals surface area contributed by atoms with E-state index in [4.69, 9.17) is 4.74 Å². The Morgan fingerprint density at radius 3 is 2.44 bits per heavy atom. The Hall–Kier alpha value is -0.0800. The van der Waals surface area contributed by atoms with Gasteiger partial charge in [-0.1, -0.05) is 26.7 Å². The quantitative estimate of drug-likeness (QED) is 0.642. The van der Waals surface area contributed by atoms with Gasteiger partial charge in [-0.2, -0.15) is 0 Å². The van der Waals surface area contributed by atoms with Crippen molar-refractivity contribution in [2.75, 3.05) is 19.8 Å². The minimum absolute atomic E-state index is 0.762. The van der Waals surface area contributed by atoms with Gasteiger partial charge in [-0.05, 0) is 38.0 Å². The number of hydrogen-bond acceptors (Lipinski definition) is 2. The van der Waals surface area contributed by atoms with Crippen LogP contribution in [0.3, 0.4) is 0 Å². The largest absolute Gasteiger partial charge is 0.380 e. The molecule has 96 valence electrons. The van der Waals surface area contributed by atoms with E-state index in [-0.39, 0.29) is 0 Å². The van der Waals surface area contributed by atoms with E-state index in [9.17, 15) is 0 Å². The summed E-state index contributed by atoms with van der Waals surface area (Å²) < 4.78 is 5.54. The molecule has 0 aliphatic heterocycles. The van der Waals surface area contributed by atoms with E-state index in [1.807, 2.05) is 0 Å². The minimum atomic E-state index is 0.762. The molecule has 0 unspecified atom stereocenters. The van der Waals surface area contributed by atoms with Gasteiger partial charge in [0.25, 0.3) is 0 Å². The summed E-state index contributed by atoms with van der Waals surface area (Å²) >= 11 is 0. The van der Waals surface area contributed by atoms with E-state index in [1.165, 1.54) is 44.9 Å². The van der Waals surface area contributed by atoms with Crippen LogP contribution in [0.2, 0.25) is 0 Å². The molecule has 16 heavy (non-hydrogen) atoms. The maximum Gasteiger partial charge on any atom is 0.0590 e. The van der Waals surface area contributed by atoms with Crippen LogP contribution in [0.15, 0.2) is 0 Å². The van der Waals surface area contributed by atoms with E-state index in [0.29, 0.717) is 0 Å². The highest BCUT2D eigenvalue weighted by molar-refractivity contribution is 4.76. The summed E-state index contributed by atoms with van der Waals surface area (Å²) in [6.45, 7) is 7.37. The van der Waals surface area contributed by atoms with E-state index >= 15 is 0 Å². The number of rotatable bonds is 8. The first-order valence-corrected chi connectivity index (χ1v) is 7.18. The zero-order valence-corrected chi connectivity index (χ0v) is 11.1. The molecule has 0 atom stereocenters. The van der Waals surface area contributed by atoms with E-state index < -0.39 is 0 Å². The van der Waals surface area contributed by atoms with Crippen molar-refractivity contribution in [2.24, 2.45) is 5.92 Å². The summed E-state index contributed by atoms with van der Waals surface area (Å²) in [5, 5.41) is 3.62. The predicted molar refractivity (Wildman–Crippen MR) is 69.8 cm³/mol. The highest BCUT2D eigenvalue weighted by atomic mass is 16.5. The lowest BCUT2D eigenvalue weighted by atomic mass is 9.84. The Morgan fingerprint density at radius 1 is 1.06 bits per heavy atom. The Morgan fingerprint density at radius 2 is 1.81 bits per heavy atom. The molecule has 1 aliphatic carbocycles. The molecule has 0 radical (unpaired) electrons. The van der Waals surface area contributed by atoms with Crippen molar-refractivity contribution in [3.05, 3.63) is 0 Å². The summed E-state index contributed by atoms with van der Waals surface area (Å²) in [4.78, 5) is 0. The SMILES string of the molecule is CCCCOCCNC1CCC(CC)CC1. The molecule has 1 saturated carbocycles. The molecule has 0 heterocycles. The van der Waals surface area contributed by atoms with Gasteiger partial charge in [-0.15, -0.1) is 0 Å². The zero-order valence-electron chi connectivity index (χ0n) is 11.1. The maximum atomic E-state index is 5.54. The van der Waals surface area contributed by atoms with Crippen LogP contribution < -0.4 is 5.32 Å². The maximum absolute atomic E-state index is 5.54. The lowest BCUT2D eigenvalue weighted by Gasteiger charge is -2.28. The highest BCUT2D eigenvalue weighted by Gasteiger charge is 2.18. The first-order valence-electron chi connectivity index (χ1n) is 7.18. The number of hydrogen-bond donors (Lipinski definition) is 1. The topological polar surface area (TPSA) is 21.3 Å². The van der Waals surface area contributed by atoms with Gasteiger partial charge in [0, 0.05) is 19.2 Å². The molecule has 0 aromatic carbocycles. The Kier molecular flexibility index (Phi) is 7.87. The molecule has 0 saturated heterocycles. The molecule has 0 bridgehead atoms. The molecular formula is C14H29NO. The van der Waals surface area contributed by atoms with Gasteiger partial charge in [-0.25, -0.2) is 0 Å². The van der Waals surface area contributed by atoms with Crippen LogP contribution in [0.4, 0.5) is 0 Å². The number of nitrogens with one attached hydrogen (secondary N) is 1. The summed E-state index contributed by atoms with van der Waals surface area (Å²) in [6, 6.07) is 0.762. The summed E-state index contributed by atoms with van der Waals surface area (Å²) in [5.74, 6) is 0.999. The number of unbranched alkanes of at least 4 members (excludes halogenated alkanes) is 1. The molecule has 0 amide bonds. The number of ether oxygens (including phenoxy) is 1. The fourth-order valence-electron chi connectivity index (χ4n) is 2.46. The van der Waals surface area contributed by atoms with Crippen LogP contribution in [-0.2, 0) is 4.74 Å². The summed E-state index contributed by atoms with van der Waals surface area (Å²) in [5.41, 5.74) is 0. The first-order chi connectivity index (χ1) is 7.86. The van der Waals surface area contributed by atoms with Crippen LogP contribution in [-0.4, -0.2) is 25.8 Å². The lowest BCUT2D eigenvalue weighted by molar-refractivity contribution is 0.128. The summed E-state index contributed by atoms with van der Waals surface area (Å²) in [6.07, 6.45) is 9.37. The van der Waals surface area contributed by atoms with Crippen molar-refractivity contribution >= 4 is 0 Å². The van der Waals surface area contributed by atoms with E-state index in [2.05, 4.69) is 19.2 Å². The third-order valence-corrected chi connectivity index (χ3v) is 3.75. The molecule has 1 aliphatic rings. The van der Waals surface area contributed by atoms with Crippen LogP contribution in [0, 0.1) is 5.92 Å². The van der Waals surface area contributed by atoms with Crippen LogP contribution >= 0.6 is 0 Å². The molecule has 1 rings (SSSR count). The fourth-order valence-corrected chi connectivity index (χ4v) is 2.46. The monoisotopic (exact) mass is 227 g/mol. The summed E-state index contributed by atoms with van der Waals surface area (Å²) in [7, 11) is 0. The van der Waals surface area contributed by atoms with Crippen LogP contribution in [0.1, 0.15) is 58.8 Å². The molecule has 0 spiro atoms. The molecular weight excluding hydrogens is 198 g/mol. The van der Waals surface area contributed by atoms with Gasteiger partial charge in [-0.3, -0.25) is 0 Å². The third kappa shape index (κ3) is 5.86. The average Bonchev–Trinajstić information content (AvgIpc) is 2.34. The van der Waals surface area contributed by atoms with Crippen molar-refractivity contribution in [3.8, 4) is 0 Å². The van der Waals surface area contributed by atoms with Gasteiger partial charge in [0.05, 0.1) is 6.61 Å². The van der Waals surface area contributed by atoms with Crippen molar-refractivity contribution in [2.45, 2.75) is 64.8 Å². The second-order valence-electron chi connectivity index (χ2n) is 5.05. The molecule has 1 fully saturated rings. The third-order valence-electron chi connectivity index (χ3n) is 3.75. The smallest absolute Gasteiger partial charge is 0.0590 e. The minimum Gasteiger partial charge on any atom is -0.380 e. The second kappa shape index (κ2) is 9.00. The lowest BCUT2D eigenvalue weighted by Crippen LogP contribution is -2.35. The Balaban J connectivity index is 1.90. The van der Waals surface area contributed by atoms with Gasteiger partial charge in [0.15, 0.2) is 0 Å². The highest BCUT2D eigenvalue weighted by Crippen LogP contribution is 2.26. The fraction of sp³-hybridized carbons (Fsp3) is 1.00. The van der Waals surface area contributed by atoms with Crippen molar-refractivity contribution in [1.29, 1.82) is 0 Å². The molecule has 0 aromatic rings. The predicted octanol–water partition coefficient (Wildman–Crippen LogP) is 3.36. The molecule has 1 N–H and O–H groups in total. The second-order valence-corrected chi connectivity index (χ2v) is 5.05. The van der Waals surface area contributed by atoms with Crippen molar-refractivity contribution in [1.82, 2.24) is 5.32 Å². The molecule has 2 nitrogen and oxygen atoms in total. The van der Waals surface area contributed by atoms with Crippen LogP contribution in [0.25, 0.3) is 0 Å². The van der Waals surface area contributed by atoms with Gasteiger partial charge in [0.1, 0.15) is 0 Å². The normalized spacial score (nSPS) is 25.9. The van der Waals surface area contributed by atoms with Crippen LogP contribution in [0.5, 0.6) is 0 Å². The zero-order chi connectivity index (χ0) is 11.6. The molecule has 0 aromatic heterocycles. The Labute approximate surface area is 101 Å². The Bertz CT molecular complexity index is 153. The van der Waals surface area contributed by atoms with Gasteiger partial charge < -0.3 is 10.1 Å². The molecule has 2 heteroatoms. The standard InChI is InChI=1S/C14H29NO/c1-3-5-11-16-12-10-15-14-8-6-13(4-2)7-9-14/h13-15H,3-12H2,1-2H3. The van der Waals surface area contributed by atoms with Gasteiger partial charge in [0.2, 0.25) is 0 Å². The van der Waals surface area contributed by atoms with E-state index in [0.717, 1.165) is 31.7 Å². The van der Waals surface area contributed by atoms with Crippen molar-refractivity contribution in [3.63, 3.8) is 0 Å². The average molecular weight is 227 g/mol. The van der Waals surface area contributed by atoms with Crippen molar-refractivity contribution < 1.29 is 4.74 Å². The van der Waals surface area contributed by atoms with E-state index in [1.54, 1.807) is 0 Å².